The molecule has 5 heteroatoms. The summed E-state index contributed by atoms with van der Waals surface area (Å²) in [6, 6.07) is 5.25. The summed E-state index contributed by atoms with van der Waals surface area (Å²) >= 11 is 0. The second kappa shape index (κ2) is 6.44. The molecule has 2 N–H and O–H groups in total. The maximum Gasteiger partial charge on any atom is 0.411 e. The number of carboxylic acids is 1. The molecule has 5 nitrogen and oxygen atoms in total. The number of amides is 1. The van der Waals surface area contributed by atoms with Crippen molar-refractivity contribution in [2.75, 3.05) is 11.9 Å². The highest BCUT2D eigenvalue weighted by Gasteiger charge is 2.05. The molecule has 0 saturated heterocycles. The Labute approximate surface area is 105 Å². The number of ether oxygens (including phenoxy) is 1. The van der Waals surface area contributed by atoms with Gasteiger partial charge >= 0.3 is 12.1 Å². The van der Waals surface area contributed by atoms with Crippen LogP contribution in [0.25, 0.3) is 6.08 Å². The van der Waals surface area contributed by atoms with Gasteiger partial charge in [-0.05, 0) is 37.1 Å². The minimum absolute atomic E-state index is 0.295. The van der Waals surface area contributed by atoms with Crippen LogP contribution in [-0.4, -0.2) is 23.8 Å². The second-order valence-corrected chi connectivity index (χ2v) is 3.59. The lowest BCUT2D eigenvalue weighted by atomic mass is 10.1. The van der Waals surface area contributed by atoms with Crippen LogP contribution in [0.2, 0.25) is 0 Å². The van der Waals surface area contributed by atoms with E-state index < -0.39 is 12.1 Å². The number of hydrogen-bond donors (Lipinski definition) is 2. The molecule has 0 radical (unpaired) electrons. The molecule has 1 amide bonds. The minimum Gasteiger partial charge on any atom is -0.478 e. The summed E-state index contributed by atoms with van der Waals surface area (Å²) in [6.45, 7) is 3.86. The van der Waals surface area contributed by atoms with Gasteiger partial charge in [-0.1, -0.05) is 12.1 Å². The number of rotatable bonds is 4. The Morgan fingerprint density at radius 1 is 1.44 bits per heavy atom. The van der Waals surface area contributed by atoms with E-state index in [-0.39, 0.29) is 0 Å². The Bertz CT molecular complexity index is 480. The summed E-state index contributed by atoms with van der Waals surface area (Å²) in [5.74, 6) is -1.02. The largest absolute Gasteiger partial charge is 0.478 e. The van der Waals surface area contributed by atoms with Crippen LogP contribution in [0.5, 0.6) is 0 Å². The molecule has 0 aliphatic rings. The van der Waals surface area contributed by atoms with Crippen molar-refractivity contribution in [2.24, 2.45) is 0 Å². The SMILES string of the molecule is CCOC(=O)Nc1cc(/C=C/C(=O)O)ccc1C. The van der Waals surface area contributed by atoms with Crippen molar-refractivity contribution in [1.29, 1.82) is 0 Å². The molecule has 0 aliphatic heterocycles. The Kier molecular flexibility index (Phi) is 4.92. The average Bonchev–Trinajstić information content (AvgIpc) is 2.30. The molecule has 0 heterocycles. The van der Waals surface area contributed by atoms with Gasteiger partial charge in [-0.15, -0.1) is 0 Å². The molecule has 0 aliphatic carbocycles. The van der Waals surface area contributed by atoms with E-state index >= 15 is 0 Å². The first kappa shape index (κ1) is 13.8. The first-order valence-electron chi connectivity index (χ1n) is 5.48. The molecule has 0 unspecified atom stereocenters. The van der Waals surface area contributed by atoms with Gasteiger partial charge in [-0.3, -0.25) is 5.32 Å². The van der Waals surface area contributed by atoms with Gasteiger partial charge in [-0.2, -0.15) is 0 Å². The molecule has 0 atom stereocenters. The molecule has 18 heavy (non-hydrogen) atoms. The van der Waals surface area contributed by atoms with Crippen molar-refractivity contribution in [3.8, 4) is 0 Å². The summed E-state index contributed by atoms with van der Waals surface area (Å²) in [6.07, 6.45) is 1.97. The van der Waals surface area contributed by atoms with E-state index in [1.165, 1.54) is 6.08 Å². The normalized spacial score (nSPS) is 10.3. The number of aryl methyl sites for hydroxylation is 1. The lowest BCUT2D eigenvalue weighted by molar-refractivity contribution is -0.131. The highest BCUT2D eigenvalue weighted by molar-refractivity contribution is 5.88. The maximum atomic E-state index is 11.3. The second-order valence-electron chi connectivity index (χ2n) is 3.59. The average molecular weight is 249 g/mol. The molecular formula is C13H15NO4. The number of carbonyl (C=O) groups excluding carboxylic acids is 1. The van der Waals surface area contributed by atoms with E-state index in [1.54, 1.807) is 25.1 Å². The number of anilines is 1. The lowest BCUT2D eigenvalue weighted by Gasteiger charge is -2.09. The number of carbonyl (C=O) groups is 2. The third-order valence-electron chi connectivity index (χ3n) is 2.19. The number of benzene rings is 1. The van der Waals surface area contributed by atoms with Crippen molar-refractivity contribution >= 4 is 23.8 Å². The first-order chi connectivity index (χ1) is 8.52. The molecule has 96 valence electrons. The molecule has 1 aromatic rings. The van der Waals surface area contributed by atoms with Gasteiger partial charge in [0.05, 0.1) is 6.61 Å². The standard InChI is InChI=1S/C13H15NO4/c1-3-18-13(17)14-11-8-10(5-4-9(11)2)6-7-12(15)16/h4-8H,3H2,1-2H3,(H,14,17)(H,15,16)/b7-6+. The number of carboxylic acid groups (broad SMARTS) is 1. The van der Waals surface area contributed by atoms with Crippen LogP contribution in [0.15, 0.2) is 24.3 Å². The number of nitrogens with one attached hydrogen (secondary N) is 1. The Morgan fingerprint density at radius 2 is 2.17 bits per heavy atom. The van der Waals surface area contributed by atoms with E-state index in [0.717, 1.165) is 11.6 Å². The lowest BCUT2D eigenvalue weighted by Crippen LogP contribution is -2.14. The fraction of sp³-hybridized carbons (Fsp3) is 0.231. The third-order valence-corrected chi connectivity index (χ3v) is 2.19. The van der Waals surface area contributed by atoms with Gasteiger partial charge in [0.15, 0.2) is 0 Å². The van der Waals surface area contributed by atoms with Crippen LogP contribution in [0.3, 0.4) is 0 Å². The van der Waals surface area contributed by atoms with Gasteiger partial charge < -0.3 is 9.84 Å². The highest BCUT2D eigenvalue weighted by Crippen LogP contribution is 2.18. The van der Waals surface area contributed by atoms with Gasteiger partial charge in [0, 0.05) is 11.8 Å². The third kappa shape index (κ3) is 4.29. The zero-order valence-corrected chi connectivity index (χ0v) is 10.3. The Hall–Kier alpha value is -2.30. The molecule has 1 aromatic carbocycles. The van der Waals surface area contributed by atoms with E-state index in [4.69, 9.17) is 9.84 Å². The summed E-state index contributed by atoms with van der Waals surface area (Å²) in [5, 5.41) is 11.1. The smallest absolute Gasteiger partial charge is 0.411 e. The van der Waals surface area contributed by atoms with Crippen molar-refractivity contribution in [3.63, 3.8) is 0 Å². The summed E-state index contributed by atoms with van der Waals surface area (Å²) in [4.78, 5) is 21.7. The van der Waals surface area contributed by atoms with Crippen LogP contribution in [0.4, 0.5) is 10.5 Å². The molecular weight excluding hydrogens is 234 g/mol. The van der Waals surface area contributed by atoms with Crippen LogP contribution in [0, 0.1) is 6.92 Å². The Morgan fingerprint density at radius 3 is 2.78 bits per heavy atom. The monoisotopic (exact) mass is 249 g/mol. The molecule has 0 spiro atoms. The highest BCUT2D eigenvalue weighted by atomic mass is 16.5. The fourth-order valence-electron chi connectivity index (χ4n) is 1.32. The van der Waals surface area contributed by atoms with Crippen LogP contribution in [0.1, 0.15) is 18.1 Å². The summed E-state index contributed by atoms with van der Waals surface area (Å²) < 4.78 is 4.78. The predicted molar refractivity (Wildman–Crippen MR) is 68.5 cm³/mol. The van der Waals surface area contributed by atoms with E-state index in [9.17, 15) is 9.59 Å². The molecule has 0 bridgehead atoms. The van der Waals surface area contributed by atoms with E-state index in [2.05, 4.69) is 5.32 Å². The summed E-state index contributed by atoms with van der Waals surface area (Å²) in [5.41, 5.74) is 2.16. The zero-order chi connectivity index (χ0) is 13.5. The van der Waals surface area contributed by atoms with E-state index in [1.807, 2.05) is 6.92 Å². The first-order valence-corrected chi connectivity index (χ1v) is 5.48. The topological polar surface area (TPSA) is 75.6 Å². The van der Waals surface area contributed by atoms with Crippen molar-refractivity contribution in [3.05, 3.63) is 35.4 Å². The minimum atomic E-state index is -1.02. The van der Waals surface area contributed by atoms with Crippen molar-refractivity contribution in [2.45, 2.75) is 13.8 Å². The quantitative estimate of drug-likeness (QED) is 0.804. The fourth-order valence-corrected chi connectivity index (χ4v) is 1.32. The summed E-state index contributed by atoms with van der Waals surface area (Å²) in [7, 11) is 0. The van der Waals surface area contributed by atoms with E-state index in [0.29, 0.717) is 17.9 Å². The van der Waals surface area contributed by atoms with Gasteiger partial charge in [0.2, 0.25) is 0 Å². The van der Waals surface area contributed by atoms with Gasteiger partial charge in [-0.25, -0.2) is 9.59 Å². The maximum absolute atomic E-state index is 11.3. The van der Waals surface area contributed by atoms with Crippen LogP contribution >= 0.6 is 0 Å². The molecule has 0 aromatic heterocycles. The van der Waals surface area contributed by atoms with Crippen LogP contribution < -0.4 is 5.32 Å². The molecule has 0 fully saturated rings. The predicted octanol–water partition coefficient (Wildman–Crippen LogP) is 2.66. The van der Waals surface area contributed by atoms with Crippen LogP contribution in [-0.2, 0) is 9.53 Å². The Balaban J connectivity index is 2.87. The van der Waals surface area contributed by atoms with Crippen molar-refractivity contribution in [1.82, 2.24) is 0 Å². The van der Waals surface area contributed by atoms with Crippen molar-refractivity contribution < 1.29 is 19.4 Å². The van der Waals surface area contributed by atoms with Gasteiger partial charge in [0.1, 0.15) is 0 Å². The number of aliphatic carboxylic acids is 1. The molecule has 0 saturated carbocycles. The number of hydrogen-bond acceptors (Lipinski definition) is 3. The van der Waals surface area contributed by atoms with Gasteiger partial charge in [0.25, 0.3) is 0 Å². The molecule has 1 rings (SSSR count). The zero-order valence-electron chi connectivity index (χ0n) is 10.3.